The van der Waals surface area contributed by atoms with Gasteiger partial charge in [0.15, 0.2) is 5.76 Å². The van der Waals surface area contributed by atoms with Crippen molar-refractivity contribution in [1.29, 1.82) is 0 Å². The molecule has 0 bridgehead atoms. The maximum atomic E-state index is 12.4. The van der Waals surface area contributed by atoms with Gasteiger partial charge in [0.05, 0.1) is 5.02 Å². The fraction of sp³-hybridized carbons (Fsp3) is 0.143. The molecule has 0 unspecified atom stereocenters. The van der Waals surface area contributed by atoms with E-state index in [4.69, 9.17) is 27.6 Å². The summed E-state index contributed by atoms with van der Waals surface area (Å²) < 4.78 is 5.63. The van der Waals surface area contributed by atoms with E-state index >= 15 is 0 Å². The molecule has 0 atom stereocenters. The average molecular weight is 417 g/mol. The lowest BCUT2D eigenvalue weighted by Crippen LogP contribution is -2.12. The summed E-state index contributed by atoms with van der Waals surface area (Å²) >= 11 is 12.2. The molecular formula is C21H18Cl2N2O3. The second-order valence-corrected chi connectivity index (χ2v) is 6.96. The maximum absolute atomic E-state index is 12.4. The van der Waals surface area contributed by atoms with Gasteiger partial charge in [-0.2, -0.15) is 0 Å². The first-order chi connectivity index (χ1) is 13.5. The number of carbonyl (C=O) groups is 2. The molecule has 5 nitrogen and oxygen atoms in total. The molecule has 0 aliphatic carbocycles. The normalized spacial score (nSPS) is 10.5. The second-order valence-electron chi connectivity index (χ2n) is 6.12. The molecule has 0 aliphatic heterocycles. The molecule has 28 heavy (non-hydrogen) atoms. The monoisotopic (exact) mass is 416 g/mol. The van der Waals surface area contributed by atoms with Crippen molar-refractivity contribution in [2.45, 2.75) is 19.8 Å². The van der Waals surface area contributed by atoms with Gasteiger partial charge in [-0.15, -0.1) is 0 Å². The van der Waals surface area contributed by atoms with Crippen LogP contribution in [0.2, 0.25) is 10.0 Å². The van der Waals surface area contributed by atoms with E-state index in [1.807, 2.05) is 6.92 Å². The highest BCUT2D eigenvalue weighted by Gasteiger charge is 2.15. The average Bonchev–Trinajstić information content (AvgIpc) is 3.15. The number of hydrogen-bond donors (Lipinski definition) is 2. The molecule has 0 saturated heterocycles. The molecule has 3 rings (SSSR count). The third kappa shape index (κ3) is 4.94. The van der Waals surface area contributed by atoms with Crippen LogP contribution in [-0.2, 0) is 4.79 Å². The molecule has 7 heteroatoms. The van der Waals surface area contributed by atoms with Gasteiger partial charge in [0, 0.05) is 28.4 Å². The van der Waals surface area contributed by atoms with Crippen LogP contribution in [0, 0.1) is 0 Å². The fourth-order valence-electron chi connectivity index (χ4n) is 2.57. The maximum Gasteiger partial charge on any atom is 0.291 e. The summed E-state index contributed by atoms with van der Waals surface area (Å²) in [6.45, 7) is 1.94. The Morgan fingerprint density at radius 1 is 0.929 bits per heavy atom. The molecule has 1 aromatic heterocycles. The largest absolute Gasteiger partial charge is 0.451 e. The molecule has 0 saturated carbocycles. The first-order valence-corrected chi connectivity index (χ1v) is 9.48. The number of amides is 2. The van der Waals surface area contributed by atoms with Gasteiger partial charge in [0.25, 0.3) is 5.91 Å². The molecule has 144 valence electrons. The Bertz CT molecular complexity index is 997. The van der Waals surface area contributed by atoms with Crippen molar-refractivity contribution in [2.75, 3.05) is 10.6 Å². The molecule has 0 fully saturated rings. The highest BCUT2D eigenvalue weighted by atomic mass is 35.5. The topological polar surface area (TPSA) is 71.3 Å². The van der Waals surface area contributed by atoms with E-state index in [1.165, 1.54) is 0 Å². The van der Waals surface area contributed by atoms with Crippen molar-refractivity contribution >= 4 is 46.4 Å². The van der Waals surface area contributed by atoms with E-state index in [2.05, 4.69) is 10.6 Å². The fourth-order valence-corrected chi connectivity index (χ4v) is 2.95. The molecule has 0 spiro atoms. The zero-order chi connectivity index (χ0) is 20.1. The Kier molecular flexibility index (Phi) is 6.39. The first-order valence-electron chi connectivity index (χ1n) is 8.73. The zero-order valence-corrected chi connectivity index (χ0v) is 16.6. The van der Waals surface area contributed by atoms with E-state index in [1.54, 1.807) is 54.6 Å². The number of anilines is 2. The van der Waals surface area contributed by atoms with Crippen molar-refractivity contribution < 1.29 is 14.0 Å². The van der Waals surface area contributed by atoms with Crippen LogP contribution in [0.1, 0.15) is 30.3 Å². The summed E-state index contributed by atoms with van der Waals surface area (Å²) in [6.07, 6.45) is 1.25. The summed E-state index contributed by atoms with van der Waals surface area (Å²) in [5, 5.41) is 6.54. The van der Waals surface area contributed by atoms with Crippen LogP contribution in [0.15, 0.2) is 59.0 Å². The van der Waals surface area contributed by atoms with Gasteiger partial charge in [-0.1, -0.05) is 30.1 Å². The zero-order valence-electron chi connectivity index (χ0n) is 15.1. The minimum atomic E-state index is -0.396. The van der Waals surface area contributed by atoms with Gasteiger partial charge in [-0.05, 0) is 61.0 Å². The van der Waals surface area contributed by atoms with Crippen molar-refractivity contribution in [3.8, 4) is 11.3 Å². The predicted molar refractivity (Wildman–Crippen MR) is 112 cm³/mol. The summed E-state index contributed by atoms with van der Waals surface area (Å²) in [5.74, 6) is 0.159. The molecule has 0 radical (unpaired) electrons. The molecule has 2 N–H and O–H groups in total. The van der Waals surface area contributed by atoms with Crippen LogP contribution < -0.4 is 10.6 Å². The molecule has 2 amide bonds. The SMILES string of the molecule is CCCC(=O)Nc1ccc(NC(=O)c2ccc(-c3cc(Cl)ccc3Cl)o2)cc1. The van der Waals surface area contributed by atoms with E-state index in [-0.39, 0.29) is 11.7 Å². The van der Waals surface area contributed by atoms with Crippen molar-refractivity contribution in [1.82, 2.24) is 0 Å². The highest BCUT2D eigenvalue weighted by Crippen LogP contribution is 2.32. The van der Waals surface area contributed by atoms with Gasteiger partial charge in [0.2, 0.25) is 5.91 Å². The van der Waals surface area contributed by atoms with Crippen LogP contribution in [-0.4, -0.2) is 11.8 Å². The predicted octanol–water partition coefficient (Wildman–Crippen LogP) is 6.24. The summed E-state index contributed by atoms with van der Waals surface area (Å²) in [5.41, 5.74) is 1.87. The smallest absolute Gasteiger partial charge is 0.291 e. The Morgan fingerprint density at radius 3 is 2.29 bits per heavy atom. The number of furan rings is 1. The van der Waals surface area contributed by atoms with E-state index in [0.29, 0.717) is 39.2 Å². The van der Waals surface area contributed by atoms with E-state index in [0.717, 1.165) is 6.42 Å². The molecule has 3 aromatic rings. The number of rotatable bonds is 6. The lowest BCUT2D eigenvalue weighted by molar-refractivity contribution is -0.116. The Balaban J connectivity index is 1.68. The van der Waals surface area contributed by atoms with Crippen LogP contribution >= 0.6 is 23.2 Å². The second kappa shape index (κ2) is 8.95. The third-order valence-corrected chi connectivity index (χ3v) is 4.49. The lowest BCUT2D eigenvalue weighted by Gasteiger charge is -2.07. The van der Waals surface area contributed by atoms with Gasteiger partial charge in [-0.25, -0.2) is 0 Å². The Labute approximate surface area is 172 Å². The van der Waals surface area contributed by atoms with Gasteiger partial charge >= 0.3 is 0 Å². The van der Waals surface area contributed by atoms with Crippen molar-refractivity contribution in [2.24, 2.45) is 0 Å². The van der Waals surface area contributed by atoms with Crippen LogP contribution in [0.5, 0.6) is 0 Å². The van der Waals surface area contributed by atoms with Crippen LogP contribution in [0.25, 0.3) is 11.3 Å². The van der Waals surface area contributed by atoms with E-state index in [9.17, 15) is 9.59 Å². The summed E-state index contributed by atoms with van der Waals surface area (Å²) in [7, 11) is 0. The van der Waals surface area contributed by atoms with Gasteiger partial charge in [0.1, 0.15) is 5.76 Å². The number of carbonyl (C=O) groups excluding carboxylic acids is 2. The van der Waals surface area contributed by atoms with Crippen molar-refractivity contribution in [3.05, 3.63) is 70.4 Å². The lowest BCUT2D eigenvalue weighted by atomic mass is 10.2. The quantitative estimate of drug-likeness (QED) is 0.498. The van der Waals surface area contributed by atoms with Gasteiger partial charge in [-0.3, -0.25) is 9.59 Å². The molecule has 1 heterocycles. The highest BCUT2D eigenvalue weighted by molar-refractivity contribution is 6.35. The van der Waals surface area contributed by atoms with Crippen LogP contribution in [0.3, 0.4) is 0 Å². The Morgan fingerprint density at radius 2 is 1.61 bits per heavy atom. The van der Waals surface area contributed by atoms with Gasteiger partial charge < -0.3 is 15.1 Å². The Hall–Kier alpha value is -2.76. The minimum Gasteiger partial charge on any atom is -0.451 e. The van der Waals surface area contributed by atoms with Crippen LogP contribution in [0.4, 0.5) is 11.4 Å². The standard InChI is InChI=1S/C21H18Cl2N2O3/c1-2-3-20(26)24-14-5-7-15(8-6-14)25-21(27)19-11-10-18(28-19)16-12-13(22)4-9-17(16)23/h4-12H,2-3H2,1H3,(H,24,26)(H,25,27). The molecule has 0 aliphatic rings. The van der Waals surface area contributed by atoms with Crippen molar-refractivity contribution in [3.63, 3.8) is 0 Å². The first kappa shape index (κ1) is 20.0. The number of benzene rings is 2. The third-order valence-electron chi connectivity index (χ3n) is 3.93. The van der Waals surface area contributed by atoms with E-state index < -0.39 is 5.91 Å². The summed E-state index contributed by atoms with van der Waals surface area (Å²) in [6, 6.07) is 15.1. The molecule has 2 aromatic carbocycles. The minimum absolute atomic E-state index is 0.0397. The number of hydrogen-bond acceptors (Lipinski definition) is 3. The number of nitrogens with one attached hydrogen (secondary N) is 2. The summed E-state index contributed by atoms with van der Waals surface area (Å²) in [4.78, 5) is 24.0. The molecular weight excluding hydrogens is 399 g/mol. The number of halogens is 2.